The molecule has 0 amide bonds. The average Bonchev–Trinajstić information content (AvgIpc) is 3.29. The van der Waals surface area contributed by atoms with Gasteiger partial charge in [0.05, 0.1) is 36.1 Å². The minimum absolute atomic E-state index is 0.266. The number of ether oxygens (including phenoxy) is 4. The van der Waals surface area contributed by atoms with Gasteiger partial charge in [0.1, 0.15) is 29.9 Å². The molecule has 222 valence electrons. The molecule has 3 aromatic carbocycles. The molecular formula is C33H31BrN2O6S. The first-order valence-electron chi connectivity index (χ1n) is 13.6. The Morgan fingerprint density at radius 3 is 2.37 bits per heavy atom. The summed E-state index contributed by atoms with van der Waals surface area (Å²) in [6.07, 6.45) is 1.48. The summed E-state index contributed by atoms with van der Waals surface area (Å²) in [5, 5.41) is 0. The predicted molar refractivity (Wildman–Crippen MR) is 169 cm³/mol. The number of hydrogen-bond acceptors (Lipinski definition) is 8. The molecule has 8 nitrogen and oxygen atoms in total. The van der Waals surface area contributed by atoms with Crippen LogP contribution in [0.3, 0.4) is 0 Å². The van der Waals surface area contributed by atoms with Crippen molar-refractivity contribution in [2.45, 2.75) is 39.5 Å². The number of carbonyl (C=O) groups excluding carboxylic acids is 1. The van der Waals surface area contributed by atoms with E-state index in [1.165, 1.54) is 11.3 Å². The lowest BCUT2D eigenvalue weighted by Gasteiger charge is -2.26. The molecule has 0 fully saturated rings. The van der Waals surface area contributed by atoms with E-state index in [9.17, 15) is 9.59 Å². The van der Waals surface area contributed by atoms with Gasteiger partial charge in [-0.15, -0.1) is 0 Å². The number of aromatic nitrogens is 1. The molecule has 4 aromatic rings. The number of carbonyl (C=O) groups is 1. The average molecular weight is 664 g/mol. The SMILES string of the molecule is COc1ccc(COc2ccc(/C=c3\sc4n(c3=O)[C@@H](c3cc(Br)ccc3OC)C(C(=O)OC(C)C)=C(C)N=4)cc2)cc1. The smallest absolute Gasteiger partial charge is 0.338 e. The monoisotopic (exact) mass is 662 g/mol. The van der Waals surface area contributed by atoms with Gasteiger partial charge < -0.3 is 18.9 Å². The first kappa shape index (κ1) is 30.3. The lowest BCUT2D eigenvalue weighted by Crippen LogP contribution is -2.40. The van der Waals surface area contributed by atoms with Crippen molar-refractivity contribution in [3.05, 3.63) is 119 Å². The highest BCUT2D eigenvalue weighted by Gasteiger charge is 2.35. The molecule has 0 saturated carbocycles. The number of allylic oxidation sites excluding steroid dienone is 1. The second-order valence-electron chi connectivity index (χ2n) is 10.1. The zero-order valence-electron chi connectivity index (χ0n) is 24.4. The Kier molecular flexibility index (Phi) is 9.17. The van der Waals surface area contributed by atoms with E-state index in [4.69, 9.17) is 18.9 Å². The van der Waals surface area contributed by atoms with Crippen LogP contribution < -0.4 is 29.1 Å². The van der Waals surface area contributed by atoms with Gasteiger partial charge in [-0.3, -0.25) is 9.36 Å². The van der Waals surface area contributed by atoms with E-state index in [0.717, 1.165) is 21.3 Å². The van der Waals surface area contributed by atoms with Crippen LogP contribution in [-0.2, 0) is 16.1 Å². The van der Waals surface area contributed by atoms with Crippen LogP contribution in [0.2, 0.25) is 0 Å². The van der Waals surface area contributed by atoms with Gasteiger partial charge in [-0.1, -0.05) is 51.5 Å². The van der Waals surface area contributed by atoms with E-state index in [1.807, 2.05) is 66.7 Å². The Labute approximate surface area is 261 Å². The zero-order chi connectivity index (χ0) is 30.7. The van der Waals surface area contributed by atoms with E-state index in [-0.39, 0.29) is 11.7 Å². The number of hydrogen-bond donors (Lipinski definition) is 0. The molecule has 10 heteroatoms. The number of thiazole rings is 1. The van der Waals surface area contributed by atoms with Crippen molar-refractivity contribution < 1.29 is 23.7 Å². The highest BCUT2D eigenvalue weighted by Crippen LogP contribution is 2.37. The summed E-state index contributed by atoms with van der Waals surface area (Å²) in [5.41, 5.74) is 3.01. The third-order valence-corrected chi connectivity index (χ3v) is 8.29. The summed E-state index contributed by atoms with van der Waals surface area (Å²) in [6.45, 7) is 5.75. The molecule has 0 bridgehead atoms. The maximum absolute atomic E-state index is 14.0. The largest absolute Gasteiger partial charge is 0.497 e. The number of nitrogens with zero attached hydrogens (tertiary/aromatic N) is 2. The van der Waals surface area contributed by atoms with Crippen LogP contribution in [0.15, 0.2) is 92.3 Å². The normalized spacial score (nSPS) is 14.8. The molecule has 1 aromatic heterocycles. The Morgan fingerprint density at radius 2 is 1.72 bits per heavy atom. The summed E-state index contributed by atoms with van der Waals surface area (Å²) in [5.74, 6) is 1.52. The molecule has 0 saturated heterocycles. The maximum Gasteiger partial charge on any atom is 0.338 e. The van der Waals surface area contributed by atoms with Crippen molar-refractivity contribution in [3.63, 3.8) is 0 Å². The van der Waals surface area contributed by atoms with E-state index >= 15 is 0 Å². The Bertz CT molecular complexity index is 1860. The first-order chi connectivity index (χ1) is 20.7. The quantitative estimate of drug-likeness (QED) is 0.219. The Balaban J connectivity index is 1.51. The lowest BCUT2D eigenvalue weighted by molar-refractivity contribution is -0.143. The molecule has 1 aliphatic rings. The van der Waals surface area contributed by atoms with Gasteiger partial charge in [-0.2, -0.15) is 0 Å². The summed E-state index contributed by atoms with van der Waals surface area (Å²) in [6, 6.07) is 19.9. The van der Waals surface area contributed by atoms with Crippen LogP contribution in [0.4, 0.5) is 0 Å². The van der Waals surface area contributed by atoms with Gasteiger partial charge in [-0.25, -0.2) is 9.79 Å². The molecule has 5 rings (SSSR count). The number of benzene rings is 3. The lowest BCUT2D eigenvalue weighted by atomic mass is 9.95. The molecule has 0 aliphatic carbocycles. The maximum atomic E-state index is 14.0. The second kappa shape index (κ2) is 13.0. The van der Waals surface area contributed by atoms with Crippen molar-refractivity contribution in [2.75, 3.05) is 14.2 Å². The van der Waals surface area contributed by atoms with Crippen molar-refractivity contribution in [1.29, 1.82) is 0 Å². The summed E-state index contributed by atoms with van der Waals surface area (Å²) in [4.78, 5) is 32.5. The number of fused-ring (bicyclic) bond motifs is 1. The molecule has 1 atom stereocenters. The number of halogens is 1. The van der Waals surface area contributed by atoms with Crippen LogP contribution in [0.5, 0.6) is 17.2 Å². The number of rotatable bonds is 9. The molecule has 0 spiro atoms. The fraction of sp³-hybridized carbons (Fsp3) is 0.242. The van der Waals surface area contributed by atoms with Crippen LogP contribution in [-0.4, -0.2) is 30.9 Å². The highest BCUT2D eigenvalue weighted by atomic mass is 79.9. The number of esters is 1. The van der Waals surface area contributed by atoms with Crippen molar-refractivity contribution in [1.82, 2.24) is 4.57 Å². The first-order valence-corrected chi connectivity index (χ1v) is 15.2. The van der Waals surface area contributed by atoms with E-state index in [2.05, 4.69) is 20.9 Å². The van der Waals surface area contributed by atoms with E-state index < -0.39 is 12.0 Å². The van der Waals surface area contributed by atoms with Crippen molar-refractivity contribution in [3.8, 4) is 17.2 Å². The third kappa shape index (κ3) is 6.60. The fourth-order valence-electron chi connectivity index (χ4n) is 4.77. The highest BCUT2D eigenvalue weighted by molar-refractivity contribution is 9.10. The summed E-state index contributed by atoms with van der Waals surface area (Å²) < 4.78 is 25.2. The van der Waals surface area contributed by atoms with Gasteiger partial charge in [0.15, 0.2) is 4.80 Å². The van der Waals surface area contributed by atoms with Crippen LogP contribution in [0.1, 0.15) is 43.5 Å². The van der Waals surface area contributed by atoms with Gasteiger partial charge in [0, 0.05) is 10.0 Å². The minimum Gasteiger partial charge on any atom is -0.497 e. The third-order valence-electron chi connectivity index (χ3n) is 6.81. The minimum atomic E-state index is -0.786. The standard InChI is InChI=1S/C33H31BrN2O6S/c1-19(2)42-32(38)29-20(3)35-33-36(30(29)26-17-23(34)10-15-27(26)40-5)31(37)28(43-33)16-21-6-13-25(14-7-21)41-18-22-8-11-24(39-4)12-9-22/h6-17,19,30H,18H2,1-5H3/b28-16-/t30-/m0/s1. The zero-order valence-corrected chi connectivity index (χ0v) is 26.8. The molecule has 43 heavy (non-hydrogen) atoms. The van der Waals surface area contributed by atoms with E-state index in [1.54, 1.807) is 45.6 Å². The van der Waals surface area contributed by atoms with Gasteiger partial charge in [-0.05, 0) is 80.4 Å². The predicted octanol–water partition coefficient (Wildman–Crippen LogP) is 5.55. The van der Waals surface area contributed by atoms with Gasteiger partial charge >= 0.3 is 5.97 Å². The van der Waals surface area contributed by atoms with Gasteiger partial charge in [0.2, 0.25) is 0 Å². The van der Waals surface area contributed by atoms with Crippen LogP contribution in [0.25, 0.3) is 6.08 Å². The van der Waals surface area contributed by atoms with Crippen molar-refractivity contribution in [2.24, 2.45) is 4.99 Å². The van der Waals surface area contributed by atoms with Crippen LogP contribution >= 0.6 is 27.3 Å². The van der Waals surface area contributed by atoms with Gasteiger partial charge in [0.25, 0.3) is 5.56 Å². The molecule has 0 N–H and O–H groups in total. The Hall–Kier alpha value is -4.15. The molecular weight excluding hydrogens is 632 g/mol. The second-order valence-corrected chi connectivity index (χ2v) is 12.1. The topological polar surface area (TPSA) is 88.3 Å². The summed E-state index contributed by atoms with van der Waals surface area (Å²) >= 11 is 4.80. The number of methoxy groups -OCH3 is 2. The molecule has 2 heterocycles. The Morgan fingerprint density at radius 1 is 1.02 bits per heavy atom. The fourth-order valence-corrected chi connectivity index (χ4v) is 6.20. The van der Waals surface area contributed by atoms with Crippen LogP contribution in [0, 0.1) is 0 Å². The molecule has 0 radical (unpaired) electrons. The summed E-state index contributed by atoms with van der Waals surface area (Å²) in [7, 11) is 3.19. The molecule has 1 aliphatic heterocycles. The molecule has 0 unspecified atom stereocenters. The van der Waals surface area contributed by atoms with E-state index in [0.29, 0.717) is 44.3 Å². The van der Waals surface area contributed by atoms with Crippen molar-refractivity contribution >= 4 is 39.3 Å².